The summed E-state index contributed by atoms with van der Waals surface area (Å²) in [4.78, 5) is 10.8. The van der Waals surface area contributed by atoms with Crippen LogP contribution in [0.3, 0.4) is 0 Å². The zero-order valence-electron chi connectivity index (χ0n) is 7.52. The molecule has 0 aliphatic heterocycles. The molecule has 0 aliphatic rings. The van der Waals surface area contributed by atoms with Gasteiger partial charge in [0.05, 0.1) is 6.10 Å². The number of carbonyl (C=O) groups excluding carboxylic acids is 1. The first-order valence-corrected chi connectivity index (χ1v) is 3.86. The van der Waals surface area contributed by atoms with Crippen molar-refractivity contribution in [3.05, 3.63) is 0 Å². The van der Waals surface area contributed by atoms with E-state index in [-0.39, 0.29) is 33.8 Å². The molecule has 0 atom stereocenters. The Morgan fingerprint density at radius 1 is 1.45 bits per heavy atom. The molecule has 0 bridgehead atoms. The van der Waals surface area contributed by atoms with Crippen LogP contribution in [0.1, 0.15) is 40.0 Å². The summed E-state index contributed by atoms with van der Waals surface area (Å²) in [5.41, 5.74) is 0. The summed E-state index contributed by atoms with van der Waals surface area (Å²) in [5.74, 6) is -0.0724. The van der Waals surface area contributed by atoms with Crippen LogP contribution in [0.25, 0.3) is 0 Å². The molecule has 0 N–H and O–H groups in total. The Labute approximate surface area is 83.6 Å². The first-order valence-electron chi connectivity index (χ1n) is 3.86. The first kappa shape index (κ1) is 13.8. The molecule has 0 aromatic rings. The minimum atomic E-state index is -0.0724. The molecule has 11 heavy (non-hydrogen) atoms. The van der Waals surface area contributed by atoms with Crippen LogP contribution >= 0.6 is 0 Å². The van der Waals surface area contributed by atoms with Crippen molar-refractivity contribution in [1.29, 1.82) is 0 Å². The molecule has 0 saturated carbocycles. The van der Waals surface area contributed by atoms with Crippen molar-refractivity contribution in [3.63, 3.8) is 0 Å². The first-order chi connectivity index (χ1) is 4.66. The van der Waals surface area contributed by atoms with Crippen LogP contribution in [0, 0.1) is 0 Å². The van der Waals surface area contributed by atoms with Crippen molar-refractivity contribution in [2.45, 2.75) is 46.1 Å². The molecule has 3 heteroatoms. The van der Waals surface area contributed by atoms with E-state index in [0.29, 0.717) is 6.42 Å². The van der Waals surface area contributed by atoms with Crippen molar-refractivity contribution < 1.29 is 31.2 Å². The van der Waals surface area contributed by atoms with E-state index >= 15 is 0 Å². The molecule has 0 fully saturated rings. The van der Waals surface area contributed by atoms with Gasteiger partial charge in [-0.05, 0) is 20.3 Å². The van der Waals surface area contributed by atoms with Crippen molar-refractivity contribution in [1.82, 2.24) is 0 Å². The summed E-state index contributed by atoms with van der Waals surface area (Å²) >= 11 is 0. The Kier molecular flexibility index (Phi) is 10.4. The van der Waals surface area contributed by atoms with Crippen molar-refractivity contribution in [3.8, 4) is 0 Å². The van der Waals surface area contributed by atoms with E-state index < -0.39 is 0 Å². The van der Waals surface area contributed by atoms with Crippen LogP contribution in [0.15, 0.2) is 0 Å². The fraction of sp³-hybridized carbons (Fsp3) is 0.875. The molecule has 2 nitrogen and oxygen atoms in total. The van der Waals surface area contributed by atoms with Gasteiger partial charge in [0, 0.05) is 28.1 Å². The Morgan fingerprint density at radius 3 is 2.36 bits per heavy atom. The van der Waals surface area contributed by atoms with Gasteiger partial charge < -0.3 is 4.74 Å². The summed E-state index contributed by atoms with van der Waals surface area (Å²) in [6.45, 7) is 5.79. The average molecular weight is 192 g/mol. The molecule has 0 saturated heterocycles. The van der Waals surface area contributed by atoms with Gasteiger partial charge in [0.1, 0.15) is 0 Å². The molecule has 64 valence electrons. The van der Waals surface area contributed by atoms with E-state index in [1.165, 1.54) is 0 Å². The predicted octanol–water partition coefficient (Wildman–Crippen LogP) is 2.13. The van der Waals surface area contributed by atoms with Gasteiger partial charge in [-0.25, -0.2) is 0 Å². The van der Waals surface area contributed by atoms with Crippen LogP contribution in [0.2, 0.25) is 0 Å². The van der Waals surface area contributed by atoms with Crippen LogP contribution in [0.4, 0.5) is 0 Å². The standard InChI is InChI=1S/C8H16O2.Ti/c1-4-5-6-8(9)10-7(2)3;/h7H,4-6H2,1-3H3;. The second-order valence-electron chi connectivity index (χ2n) is 2.64. The van der Waals surface area contributed by atoms with Crippen molar-refractivity contribution in [2.75, 3.05) is 0 Å². The van der Waals surface area contributed by atoms with E-state index in [0.717, 1.165) is 12.8 Å². The molecule has 0 radical (unpaired) electrons. The smallest absolute Gasteiger partial charge is 0.306 e. The van der Waals surface area contributed by atoms with Gasteiger partial charge in [-0.2, -0.15) is 0 Å². The van der Waals surface area contributed by atoms with Gasteiger partial charge in [-0.15, -0.1) is 0 Å². The normalized spacial score (nSPS) is 9.09. The molecule has 0 aliphatic carbocycles. The van der Waals surface area contributed by atoms with Gasteiger partial charge in [-0.1, -0.05) is 13.3 Å². The number of ether oxygens (including phenoxy) is 1. The SMILES string of the molecule is CCCCC(=O)OC(C)C.[Ti]. The minimum absolute atomic E-state index is 0. The fourth-order valence-corrected chi connectivity index (χ4v) is 0.643. The second-order valence-corrected chi connectivity index (χ2v) is 2.64. The number of rotatable bonds is 4. The molecule has 0 spiro atoms. The van der Waals surface area contributed by atoms with E-state index in [1.807, 2.05) is 13.8 Å². The summed E-state index contributed by atoms with van der Waals surface area (Å²) in [6.07, 6.45) is 2.58. The van der Waals surface area contributed by atoms with Crippen LogP contribution in [0.5, 0.6) is 0 Å². The number of hydrogen-bond acceptors (Lipinski definition) is 2. The summed E-state index contributed by atoms with van der Waals surface area (Å²) < 4.78 is 4.91. The fourth-order valence-electron chi connectivity index (χ4n) is 0.643. The maximum absolute atomic E-state index is 10.8. The Bertz CT molecular complexity index is 102. The molecule has 0 heterocycles. The Hall–Kier alpha value is 0.184. The zero-order valence-corrected chi connectivity index (χ0v) is 9.08. The van der Waals surface area contributed by atoms with Crippen LogP contribution in [-0.4, -0.2) is 12.1 Å². The van der Waals surface area contributed by atoms with Gasteiger partial charge >= 0.3 is 5.97 Å². The predicted molar refractivity (Wildman–Crippen MR) is 40.8 cm³/mol. The molecule has 0 aromatic carbocycles. The maximum Gasteiger partial charge on any atom is 0.306 e. The van der Waals surface area contributed by atoms with Gasteiger partial charge in [0.2, 0.25) is 0 Å². The van der Waals surface area contributed by atoms with Crippen LogP contribution < -0.4 is 0 Å². The number of carbonyl (C=O) groups is 1. The monoisotopic (exact) mass is 192 g/mol. The Morgan fingerprint density at radius 2 is 2.00 bits per heavy atom. The average Bonchev–Trinajstić information content (AvgIpc) is 1.82. The third-order valence-electron chi connectivity index (χ3n) is 1.10. The third kappa shape index (κ3) is 10.2. The zero-order chi connectivity index (χ0) is 7.98. The quantitative estimate of drug-likeness (QED) is 0.503. The molecule has 0 amide bonds. The maximum atomic E-state index is 10.8. The molecular formula is C8H16O2Ti. The van der Waals surface area contributed by atoms with E-state index in [4.69, 9.17) is 4.74 Å². The summed E-state index contributed by atoms with van der Waals surface area (Å²) in [7, 11) is 0. The topological polar surface area (TPSA) is 26.3 Å². The van der Waals surface area contributed by atoms with Gasteiger partial charge in [0.25, 0.3) is 0 Å². The second kappa shape index (κ2) is 8.28. The van der Waals surface area contributed by atoms with Gasteiger partial charge in [-0.3, -0.25) is 4.79 Å². The van der Waals surface area contributed by atoms with Gasteiger partial charge in [0.15, 0.2) is 0 Å². The third-order valence-corrected chi connectivity index (χ3v) is 1.10. The van der Waals surface area contributed by atoms with E-state index in [1.54, 1.807) is 0 Å². The van der Waals surface area contributed by atoms with Crippen LogP contribution in [-0.2, 0) is 31.2 Å². The molecule has 0 rings (SSSR count). The Balaban J connectivity index is 0. The molecule has 0 aromatic heterocycles. The van der Waals surface area contributed by atoms with E-state index in [9.17, 15) is 4.79 Å². The number of unbranched alkanes of at least 4 members (excludes halogenated alkanes) is 1. The van der Waals surface area contributed by atoms with Crippen molar-refractivity contribution in [2.24, 2.45) is 0 Å². The number of esters is 1. The molecular weight excluding hydrogens is 176 g/mol. The molecule has 0 unspecified atom stereocenters. The minimum Gasteiger partial charge on any atom is -0.463 e. The number of hydrogen-bond donors (Lipinski definition) is 0. The van der Waals surface area contributed by atoms with E-state index in [2.05, 4.69) is 6.92 Å². The van der Waals surface area contributed by atoms with Crippen molar-refractivity contribution >= 4 is 5.97 Å². The largest absolute Gasteiger partial charge is 0.463 e. The summed E-state index contributed by atoms with van der Waals surface area (Å²) in [6, 6.07) is 0. The summed E-state index contributed by atoms with van der Waals surface area (Å²) in [5, 5.41) is 0.